The van der Waals surface area contributed by atoms with Crippen LogP contribution in [0, 0.1) is 0 Å². The fourth-order valence-electron chi connectivity index (χ4n) is 7.08. The molecule has 3 aromatic carbocycles. The molecular formula is C41H46O22. The van der Waals surface area contributed by atoms with Crippen molar-refractivity contribution in [3.05, 3.63) is 83.1 Å². The Hall–Kier alpha value is -5.31. The Labute approximate surface area is 356 Å². The van der Waals surface area contributed by atoms with Gasteiger partial charge in [0.05, 0.1) is 18.8 Å². The molecule has 0 radical (unpaired) electrons. The molecule has 4 aliphatic heterocycles. The molecule has 3 fully saturated rings. The van der Waals surface area contributed by atoms with Gasteiger partial charge < -0.3 is 104 Å². The number of aliphatic hydroxyl groups excluding tert-OH is 9. The lowest BCUT2D eigenvalue weighted by Crippen LogP contribution is -2.63. The van der Waals surface area contributed by atoms with E-state index in [-0.39, 0.29) is 34.1 Å². The van der Waals surface area contributed by atoms with Gasteiger partial charge in [0.2, 0.25) is 12.6 Å². The molecule has 0 bridgehead atoms. The van der Waals surface area contributed by atoms with Gasteiger partial charge in [-0.05, 0) is 42.0 Å². The summed E-state index contributed by atoms with van der Waals surface area (Å²) in [6.45, 7) is -2.00. The van der Waals surface area contributed by atoms with Crippen LogP contribution in [0.1, 0.15) is 22.8 Å². The molecule has 4 heterocycles. The summed E-state index contributed by atoms with van der Waals surface area (Å²) in [4.78, 5) is 12.7. The van der Waals surface area contributed by atoms with Gasteiger partial charge in [0.25, 0.3) is 0 Å². The molecule has 3 saturated heterocycles. The van der Waals surface area contributed by atoms with Gasteiger partial charge in [0.15, 0.2) is 30.0 Å². The molecule has 0 spiro atoms. The van der Waals surface area contributed by atoms with Crippen LogP contribution in [-0.4, -0.2) is 178 Å². The number of esters is 1. The minimum atomic E-state index is -1.99. The number of carbonyl (C=O) groups is 1. The molecule has 7 rings (SSSR count). The second-order valence-electron chi connectivity index (χ2n) is 15.0. The molecule has 0 unspecified atom stereocenters. The first kappa shape index (κ1) is 45.7. The van der Waals surface area contributed by atoms with E-state index in [1.165, 1.54) is 42.5 Å². The number of benzene rings is 3. The maximum Gasteiger partial charge on any atom is 0.330 e. The van der Waals surface area contributed by atoms with Crippen molar-refractivity contribution < 1.29 is 109 Å². The first-order valence-electron chi connectivity index (χ1n) is 19.4. The molecule has 0 aliphatic carbocycles. The van der Waals surface area contributed by atoms with Gasteiger partial charge in [-0.25, -0.2) is 4.79 Å². The number of fused-ring (bicyclic) bond motifs is 1. The van der Waals surface area contributed by atoms with Crippen LogP contribution in [0.4, 0.5) is 0 Å². The molecule has 0 aromatic heterocycles. The van der Waals surface area contributed by atoms with Crippen molar-refractivity contribution in [2.45, 2.75) is 92.1 Å². The lowest BCUT2D eigenvalue weighted by atomic mass is 9.97. The summed E-state index contributed by atoms with van der Waals surface area (Å²) in [5, 5.41) is 136. The van der Waals surface area contributed by atoms with Crippen molar-refractivity contribution in [2.24, 2.45) is 0 Å². The van der Waals surface area contributed by atoms with Gasteiger partial charge in [-0.1, -0.05) is 18.2 Å². The predicted octanol–water partition coefficient (Wildman–Crippen LogP) is -2.29. The van der Waals surface area contributed by atoms with Gasteiger partial charge >= 0.3 is 5.97 Å². The van der Waals surface area contributed by atoms with Gasteiger partial charge in [0.1, 0.15) is 96.4 Å². The Morgan fingerprint density at radius 3 is 2.11 bits per heavy atom. The number of carbonyl (C=O) groups excluding carboxylic acids is 1. The summed E-state index contributed by atoms with van der Waals surface area (Å²) in [5.41, 5.74) is 0.595. The third-order valence-corrected chi connectivity index (χ3v) is 10.6. The molecule has 15 atom stereocenters. The number of phenolic OH excluding ortho intramolecular Hbond substituents is 4. The third-order valence-electron chi connectivity index (χ3n) is 10.6. The van der Waals surface area contributed by atoms with Crippen molar-refractivity contribution in [1.82, 2.24) is 0 Å². The molecule has 22 nitrogen and oxygen atoms in total. The highest BCUT2D eigenvalue weighted by atomic mass is 16.8. The van der Waals surface area contributed by atoms with Crippen LogP contribution >= 0.6 is 0 Å². The predicted molar refractivity (Wildman–Crippen MR) is 206 cm³/mol. The normalized spacial score (nSPS) is 34.4. The number of hydrogen-bond acceptors (Lipinski definition) is 22. The zero-order valence-corrected chi connectivity index (χ0v) is 32.7. The Kier molecular flexibility index (Phi) is 13.9. The fourth-order valence-corrected chi connectivity index (χ4v) is 7.08. The highest BCUT2D eigenvalue weighted by molar-refractivity contribution is 5.87. The summed E-state index contributed by atoms with van der Waals surface area (Å²) >= 11 is 0. The molecule has 13 N–H and O–H groups in total. The first-order valence-corrected chi connectivity index (χ1v) is 19.4. The van der Waals surface area contributed by atoms with Gasteiger partial charge in [-0.15, -0.1) is 0 Å². The van der Waals surface area contributed by atoms with E-state index in [1.807, 2.05) is 0 Å². The Balaban J connectivity index is 1.23. The van der Waals surface area contributed by atoms with E-state index in [9.17, 15) is 71.2 Å². The van der Waals surface area contributed by atoms with E-state index < -0.39 is 135 Å². The number of rotatable bonds is 12. The van der Waals surface area contributed by atoms with Crippen LogP contribution in [0.3, 0.4) is 0 Å². The van der Waals surface area contributed by atoms with Crippen molar-refractivity contribution in [2.75, 3.05) is 19.8 Å². The second-order valence-corrected chi connectivity index (χ2v) is 15.0. The van der Waals surface area contributed by atoms with Crippen LogP contribution in [-0.2, 0) is 33.2 Å². The van der Waals surface area contributed by atoms with E-state index in [0.717, 1.165) is 30.3 Å². The van der Waals surface area contributed by atoms with Gasteiger partial charge in [-0.3, -0.25) is 0 Å². The molecule has 4 aliphatic rings. The Morgan fingerprint density at radius 2 is 1.40 bits per heavy atom. The van der Waals surface area contributed by atoms with Crippen molar-refractivity contribution in [3.63, 3.8) is 0 Å². The summed E-state index contributed by atoms with van der Waals surface area (Å²) in [6.07, 6.45) is -22.4. The molecule has 3 aromatic rings. The summed E-state index contributed by atoms with van der Waals surface area (Å²) in [7, 11) is 0. The minimum absolute atomic E-state index is 0.00236. The maximum absolute atomic E-state index is 12.7. The van der Waals surface area contributed by atoms with Crippen LogP contribution in [0.5, 0.6) is 34.5 Å². The zero-order valence-electron chi connectivity index (χ0n) is 32.7. The highest BCUT2D eigenvalue weighted by Crippen LogP contribution is 2.47. The van der Waals surface area contributed by atoms with Crippen LogP contribution in [0.15, 0.2) is 66.4 Å². The largest absolute Gasteiger partial charge is 0.508 e. The lowest BCUT2D eigenvalue weighted by Gasteiger charge is -2.45. The quantitative estimate of drug-likeness (QED) is 0.0517. The topological polar surface area (TPSA) is 354 Å². The fraction of sp³-hybridized carbons (Fsp3) is 0.439. The average molecular weight is 891 g/mol. The third kappa shape index (κ3) is 9.93. The molecule has 342 valence electrons. The number of hydrogen-bond donors (Lipinski definition) is 13. The standard InChI is InChI=1S/C41H46O22/c42-13-27-31(50)33(52)36(55)40(61-27)59-25-11-19(44)10-24-20(25)12-26(37(58-24)17-4-7-21(45)22(46)9-17)60-41-38(63-39-35(54)30(49)23(47)14-57-39)34(53)32(51)28(62-41)15-56-29(48)8-3-16-1-5-18(43)6-2-16/h1-12,23,27-28,30-47,49-55H,13-15H2/t23-,27-,28-,30+,31-,32-,33+,34+,35-,36-,37-,38-,39+,40-,41-/m1/s1. The molecule has 0 amide bonds. The molecule has 22 heteroatoms. The minimum Gasteiger partial charge on any atom is -0.508 e. The summed E-state index contributed by atoms with van der Waals surface area (Å²) in [5.74, 6) is -3.14. The second kappa shape index (κ2) is 19.2. The Morgan fingerprint density at radius 1 is 0.698 bits per heavy atom. The van der Waals surface area contributed by atoms with Crippen molar-refractivity contribution in [3.8, 4) is 34.5 Å². The van der Waals surface area contributed by atoms with Crippen molar-refractivity contribution in [1.29, 1.82) is 0 Å². The lowest BCUT2D eigenvalue weighted by molar-refractivity contribution is -0.352. The van der Waals surface area contributed by atoms with Gasteiger partial charge in [-0.2, -0.15) is 0 Å². The van der Waals surface area contributed by atoms with E-state index in [2.05, 4.69) is 0 Å². The number of phenols is 4. The van der Waals surface area contributed by atoms with Crippen LogP contribution in [0.2, 0.25) is 0 Å². The van der Waals surface area contributed by atoms with E-state index in [1.54, 1.807) is 0 Å². The van der Waals surface area contributed by atoms with E-state index in [0.29, 0.717) is 5.56 Å². The van der Waals surface area contributed by atoms with Crippen molar-refractivity contribution >= 4 is 18.1 Å². The number of aliphatic hydroxyl groups is 9. The van der Waals surface area contributed by atoms with Crippen LogP contribution < -0.4 is 9.47 Å². The summed E-state index contributed by atoms with van der Waals surface area (Å²) < 4.78 is 46.6. The smallest absolute Gasteiger partial charge is 0.330 e. The number of ether oxygens (including phenoxy) is 8. The SMILES string of the molecule is O=C(C=Cc1ccc(O)cc1)OC[C@H]1O[C@@H](OC2=Cc3c(O[C@@H]4O[C@H](CO)[C@@H](O)[C@H](O)[C@H]4O)cc(O)cc3O[C@@H]2c2ccc(O)c(O)c2)[C@H](O[C@@H]2OC[C@@H](O)[C@H](O)[C@H]2O)[C@@H](O)[C@@H]1O. The molecule has 63 heavy (non-hydrogen) atoms. The van der Waals surface area contributed by atoms with E-state index >= 15 is 0 Å². The molecular weight excluding hydrogens is 844 g/mol. The first-order chi connectivity index (χ1) is 30.0. The maximum atomic E-state index is 12.7. The average Bonchev–Trinajstić information content (AvgIpc) is 3.26. The van der Waals surface area contributed by atoms with Crippen LogP contribution in [0.25, 0.3) is 12.2 Å². The zero-order chi connectivity index (χ0) is 45.3. The highest BCUT2D eigenvalue weighted by Gasteiger charge is 2.51. The monoisotopic (exact) mass is 890 g/mol. The van der Waals surface area contributed by atoms with E-state index in [4.69, 9.17) is 37.9 Å². The Bertz CT molecular complexity index is 2130. The number of aromatic hydroxyl groups is 4. The molecule has 0 saturated carbocycles. The van der Waals surface area contributed by atoms with Gasteiger partial charge in [0, 0.05) is 23.8 Å². The summed E-state index contributed by atoms with van der Waals surface area (Å²) in [6, 6.07) is 11.6.